The highest BCUT2D eigenvalue weighted by Gasteiger charge is 2.41. The Morgan fingerprint density at radius 1 is 0.971 bits per heavy atom. The smallest absolute Gasteiger partial charge is 0.336 e. The van der Waals surface area contributed by atoms with Crippen molar-refractivity contribution in [2.45, 2.75) is 38.5 Å². The van der Waals surface area contributed by atoms with Gasteiger partial charge in [0.1, 0.15) is 6.61 Å². The van der Waals surface area contributed by atoms with Gasteiger partial charge in [-0.2, -0.15) is 0 Å². The van der Waals surface area contributed by atoms with E-state index in [9.17, 15) is 9.59 Å². The quantitative estimate of drug-likeness (QED) is 0.377. The molecule has 0 saturated carbocycles. The van der Waals surface area contributed by atoms with Crippen LogP contribution in [0.3, 0.4) is 0 Å². The average molecular weight is 500 g/mol. The van der Waals surface area contributed by atoms with E-state index in [1.165, 1.54) is 0 Å². The highest BCUT2D eigenvalue weighted by molar-refractivity contribution is 6.30. The van der Waals surface area contributed by atoms with Crippen molar-refractivity contribution >= 4 is 35.0 Å². The number of ketones is 1. The lowest BCUT2D eigenvalue weighted by Crippen LogP contribution is -2.36. The SMILES string of the molecule is CCOCCOC(=O)C1=C(C)NC2=C(C(=O)C[C@@H](c3ccc(Cl)cc3)C2)[C@@H]1c1ccc(Cl)cc1. The van der Waals surface area contributed by atoms with Gasteiger partial charge in [-0.05, 0) is 61.6 Å². The van der Waals surface area contributed by atoms with Crippen molar-refractivity contribution in [2.75, 3.05) is 19.8 Å². The number of hydrogen-bond acceptors (Lipinski definition) is 5. The van der Waals surface area contributed by atoms with Crippen LogP contribution in [0.2, 0.25) is 10.0 Å². The number of carbonyl (C=O) groups excluding carboxylic acids is 2. The molecule has 2 aliphatic rings. The highest BCUT2D eigenvalue weighted by Crippen LogP contribution is 2.45. The third-order valence-corrected chi connectivity index (χ3v) is 6.76. The van der Waals surface area contributed by atoms with Crippen LogP contribution in [-0.4, -0.2) is 31.6 Å². The van der Waals surface area contributed by atoms with Gasteiger partial charge >= 0.3 is 5.97 Å². The van der Waals surface area contributed by atoms with Gasteiger partial charge in [-0.15, -0.1) is 0 Å². The van der Waals surface area contributed by atoms with Crippen LogP contribution in [0.1, 0.15) is 49.7 Å². The summed E-state index contributed by atoms with van der Waals surface area (Å²) >= 11 is 12.2. The lowest BCUT2D eigenvalue weighted by molar-refractivity contribution is -0.140. The zero-order chi connectivity index (χ0) is 24.2. The fourth-order valence-corrected chi connectivity index (χ4v) is 4.94. The number of hydrogen-bond donors (Lipinski definition) is 1. The second-order valence-electron chi connectivity index (χ2n) is 8.45. The molecule has 34 heavy (non-hydrogen) atoms. The number of rotatable bonds is 7. The molecule has 2 aromatic rings. The number of Topliss-reactive ketones (excluding diaryl/α,β-unsaturated/α-hetero) is 1. The summed E-state index contributed by atoms with van der Waals surface area (Å²) in [6, 6.07) is 14.9. The molecule has 1 N–H and O–H groups in total. The maximum atomic E-state index is 13.6. The average Bonchev–Trinajstić information content (AvgIpc) is 2.81. The van der Waals surface area contributed by atoms with Crippen molar-refractivity contribution in [3.05, 3.63) is 92.2 Å². The maximum Gasteiger partial charge on any atom is 0.336 e. The normalized spacial score (nSPS) is 20.2. The first-order valence-corrected chi connectivity index (χ1v) is 12.1. The summed E-state index contributed by atoms with van der Waals surface area (Å²) in [7, 11) is 0. The molecule has 4 rings (SSSR count). The molecule has 0 bridgehead atoms. The summed E-state index contributed by atoms with van der Waals surface area (Å²) in [5, 5.41) is 4.61. The monoisotopic (exact) mass is 499 g/mol. The number of benzene rings is 2. The van der Waals surface area contributed by atoms with E-state index in [0.29, 0.717) is 52.9 Å². The van der Waals surface area contributed by atoms with Crippen LogP contribution < -0.4 is 5.32 Å². The number of nitrogens with one attached hydrogen (secondary N) is 1. The van der Waals surface area contributed by atoms with E-state index in [-0.39, 0.29) is 18.3 Å². The van der Waals surface area contributed by atoms with Gasteiger partial charge in [0.05, 0.1) is 12.2 Å². The zero-order valence-electron chi connectivity index (χ0n) is 19.2. The van der Waals surface area contributed by atoms with Gasteiger partial charge in [0.15, 0.2) is 5.78 Å². The molecule has 1 heterocycles. The summed E-state index contributed by atoms with van der Waals surface area (Å²) in [5.41, 5.74) is 4.49. The molecule has 2 aromatic carbocycles. The fourth-order valence-electron chi connectivity index (χ4n) is 4.68. The Morgan fingerprint density at radius 3 is 2.21 bits per heavy atom. The van der Waals surface area contributed by atoms with Crippen LogP contribution in [0, 0.1) is 0 Å². The van der Waals surface area contributed by atoms with Gasteiger partial charge in [0, 0.05) is 46.0 Å². The molecule has 0 amide bonds. The second kappa shape index (κ2) is 10.8. The second-order valence-corrected chi connectivity index (χ2v) is 9.33. The molecule has 2 atom stereocenters. The summed E-state index contributed by atoms with van der Waals surface area (Å²) in [4.78, 5) is 26.7. The number of halogens is 2. The number of dihydropyridines is 1. The molecule has 1 aliphatic carbocycles. The minimum Gasteiger partial charge on any atom is -0.460 e. The molecule has 0 unspecified atom stereocenters. The topological polar surface area (TPSA) is 64.6 Å². The van der Waals surface area contributed by atoms with Gasteiger partial charge < -0.3 is 14.8 Å². The Bertz CT molecular complexity index is 1140. The van der Waals surface area contributed by atoms with Gasteiger partial charge in [-0.1, -0.05) is 47.5 Å². The third-order valence-electron chi connectivity index (χ3n) is 6.26. The van der Waals surface area contributed by atoms with Crippen LogP contribution >= 0.6 is 23.2 Å². The fraction of sp³-hybridized carbons (Fsp3) is 0.333. The molecule has 0 fully saturated rings. The zero-order valence-corrected chi connectivity index (χ0v) is 20.7. The molecule has 1 aliphatic heterocycles. The summed E-state index contributed by atoms with van der Waals surface area (Å²) in [6.07, 6.45) is 1.02. The molecule has 178 valence electrons. The number of allylic oxidation sites excluding steroid dienone is 3. The lowest BCUT2D eigenvalue weighted by Gasteiger charge is -2.36. The third kappa shape index (κ3) is 5.22. The van der Waals surface area contributed by atoms with E-state index in [1.807, 2.05) is 50.2 Å². The Morgan fingerprint density at radius 2 is 1.59 bits per heavy atom. The van der Waals surface area contributed by atoms with Gasteiger partial charge in [0.25, 0.3) is 0 Å². The molecule has 0 saturated heterocycles. The van der Waals surface area contributed by atoms with Crippen molar-refractivity contribution in [1.82, 2.24) is 5.32 Å². The Labute approximate surface area is 209 Å². The van der Waals surface area contributed by atoms with Crippen molar-refractivity contribution in [3.8, 4) is 0 Å². The first-order chi connectivity index (χ1) is 16.4. The predicted octanol–water partition coefficient (Wildman–Crippen LogP) is 5.93. The maximum absolute atomic E-state index is 13.6. The van der Waals surface area contributed by atoms with Gasteiger partial charge in [0.2, 0.25) is 0 Å². The lowest BCUT2D eigenvalue weighted by atomic mass is 9.72. The van der Waals surface area contributed by atoms with Gasteiger partial charge in [-0.3, -0.25) is 4.79 Å². The Hall–Kier alpha value is -2.60. The van der Waals surface area contributed by atoms with E-state index < -0.39 is 11.9 Å². The summed E-state index contributed by atoms with van der Waals surface area (Å²) in [5.74, 6) is -0.925. The van der Waals surface area contributed by atoms with Crippen LogP contribution in [0.15, 0.2) is 71.1 Å². The van der Waals surface area contributed by atoms with E-state index in [1.54, 1.807) is 12.1 Å². The van der Waals surface area contributed by atoms with E-state index in [0.717, 1.165) is 16.8 Å². The first kappa shape index (κ1) is 24.5. The number of ether oxygens (including phenoxy) is 2. The molecule has 0 spiro atoms. The van der Waals surface area contributed by atoms with E-state index in [4.69, 9.17) is 32.7 Å². The van der Waals surface area contributed by atoms with Crippen LogP contribution in [0.25, 0.3) is 0 Å². The van der Waals surface area contributed by atoms with Crippen molar-refractivity contribution < 1.29 is 19.1 Å². The van der Waals surface area contributed by atoms with Crippen molar-refractivity contribution in [2.24, 2.45) is 0 Å². The molecular weight excluding hydrogens is 473 g/mol. The predicted molar refractivity (Wildman–Crippen MR) is 133 cm³/mol. The van der Waals surface area contributed by atoms with E-state index in [2.05, 4.69) is 5.32 Å². The molecule has 0 radical (unpaired) electrons. The van der Waals surface area contributed by atoms with Crippen LogP contribution in [0.4, 0.5) is 0 Å². The largest absolute Gasteiger partial charge is 0.460 e. The Balaban J connectivity index is 1.70. The molecule has 0 aromatic heterocycles. The van der Waals surface area contributed by atoms with Crippen LogP contribution in [0.5, 0.6) is 0 Å². The first-order valence-electron chi connectivity index (χ1n) is 11.4. The van der Waals surface area contributed by atoms with Gasteiger partial charge in [-0.25, -0.2) is 4.79 Å². The number of carbonyl (C=O) groups is 2. The molecule has 5 nitrogen and oxygen atoms in total. The Kier molecular flexibility index (Phi) is 7.77. The minimum absolute atomic E-state index is 0.0146. The highest BCUT2D eigenvalue weighted by atomic mass is 35.5. The minimum atomic E-state index is -0.522. The molecular formula is C27H27Cl2NO4. The standard InChI is InChI=1S/C27H27Cl2NO4/c1-3-33-12-13-34-27(32)24-16(2)30-22-14-19(17-4-8-20(28)9-5-17)15-23(31)26(22)25(24)18-6-10-21(29)11-7-18/h4-11,19,25,30H,3,12-15H2,1-2H3/t19-,25+/m0/s1. The molecule has 7 heteroatoms. The van der Waals surface area contributed by atoms with Crippen molar-refractivity contribution in [3.63, 3.8) is 0 Å². The van der Waals surface area contributed by atoms with E-state index >= 15 is 0 Å². The summed E-state index contributed by atoms with van der Waals surface area (Å²) in [6.45, 7) is 4.75. The summed E-state index contributed by atoms with van der Waals surface area (Å²) < 4.78 is 10.8. The van der Waals surface area contributed by atoms with Crippen LogP contribution in [-0.2, 0) is 19.1 Å². The van der Waals surface area contributed by atoms with Crippen molar-refractivity contribution in [1.29, 1.82) is 0 Å². The number of esters is 1.